The van der Waals surface area contributed by atoms with Gasteiger partial charge >= 0.3 is 0 Å². The second-order valence-corrected chi connectivity index (χ2v) is 5.40. The van der Waals surface area contributed by atoms with Crippen molar-refractivity contribution in [1.29, 1.82) is 0 Å². The molecule has 1 aliphatic heterocycles. The van der Waals surface area contributed by atoms with E-state index in [0.717, 1.165) is 13.0 Å². The lowest BCUT2D eigenvalue weighted by Gasteiger charge is -2.19. The zero-order chi connectivity index (χ0) is 13.0. The summed E-state index contributed by atoms with van der Waals surface area (Å²) in [4.78, 5) is 0. The molecule has 2 unspecified atom stereocenters. The molecule has 1 fully saturated rings. The fraction of sp³-hybridized carbons (Fsp3) is 0.625. The van der Waals surface area contributed by atoms with Gasteiger partial charge in [-0.25, -0.2) is 0 Å². The second kappa shape index (κ2) is 6.35. The average Bonchev–Trinajstić information content (AvgIpc) is 2.87. The van der Waals surface area contributed by atoms with Gasteiger partial charge in [0.05, 0.1) is 6.10 Å². The summed E-state index contributed by atoms with van der Waals surface area (Å²) in [6.07, 6.45) is 5.29. The molecule has 0 saturated carbocycles. The van der Waals surface area contributed by atoms with Gasteiger partial charge in [0.25, 0.3) is 0 Å². The van der Waals surface area contributed by atoms with E-state index in [4.69, 9.17) is 4.74 Å². The van der Waals surface area contributed by atoms with E-state index in [0.29, 0.717) is 12.1 Å². The molecule has 1 N–H and O–H groups in total. The van der Waals surface area contributed by atoms with Crippen molar-refractivity contribution in [2.45, 2.75) is 51.7 Å². The van der Waals surface area contributed by atoms with Crippen molar-refractivity contribution < 1.29 is 4.74 Å². The van der Waals surface area contributed by atoms with E-state index < -0.39 is 0 Å². The highest BCUT2D eigenvalue weighted by Gasteiger charge is 2.18. The summed E-state index contributed by atoms with van der Waals surface area (Å²) in [6.45, 7) is 5.31. The Morgan fingerprint density at radius 3 is 2.78 bits per heavy atom. The highest BCUT2D eigenvalue weighted by Crippen LogP contribution is 2.25. The van der Waals surface area contributed by atoms with Crippen LogP contribution in [0, 0.1) is 13.8 Å². The lowest BCUT2D eigenvalue weighted by atomic mass is 9.96. The van der Waals surface area contributed by atoms with Gasteiger partial charge in [-0.15, -0.1) is 0 Å². The van der Waals surface area contributed by atoms with Gasteiger partial charge in [0, 0.05) is 12.6 Å². The first-order valence-electron chi connectivity index (χ1n) is 7.06. The molecule has 2 atom stereocenters. The molecular weight excluding hydrogens is 222 g/mol. The van der Waals surface area contributed by atoms with Crippen LogP contribution in [-0.4, -0.2) is 19.8 Å². The van der Waals surface area contributed by atoms with Gasteiger partial charge in [0.2, 0.25) is 0 Å². The molecule has 0 radical (unpaired) electrons. The quantitative estimate of drug-likeness (QED) is 0.859. The first kappa shape index (κ1) is 13.6. The van der Waals surface area contributed by atoms with Crippen LogP contribution in [0.4, 0.5) is 0 Å². The Morgan fingerprint density at radius 1 is 1.33 bits per heavy atom. The van der Waals surface area contributed by atoms with Crippen LogP contribution in [0.25, 0.3) is 0 Å². The van der Waals surface area contributed by atoms with Gasteiger partial charge in [-0.2, -0.15) is 0 Å². The molecular formula is C16H25NO. The van der Waals surface area contributed by atoms with Crippen LogP contribution in [0.15, 0.2) is 18.2 Å². The van der Waals surface area contributed by atoms with E-state index in [-0.39, 0.29) is 0 Å². The third kappa shape index (κ3) is 3.33. The summed E-state index contributed by atoms with van der Waals surface area (Å²) in [5.74, 6) is 0. The van der Waals surface area contributed by atoms with Gasteiger partial charge in [-0.3, -0.25) is 0 Å². The average molecular weight is 247 g/mol. The fourth-order valence-corrected chi connectivity index (χ4v) is 2.68. The fourth-order valence-electron chi connectivity index (χ4n) is 2.68. The Labute approximate surface area is 111 Å². The zero-order valence-electron chi connectivity index (χ0n) is 11.8. The Hall–Kier alpha value is -0.860. The van der Waals surface area contributed by atoms with E-state index in [1.807, 2.05) is 0 Å². The standard InChI is InChI=1S/C16H25NO/c1-12-6-7-14(11-13(12)2)16(17-3)9-8-15-5-4-10-18-15/h6-7,11,15-17H,4-5,8-10H2,1-3H3. The van der Waals surface area contributed by atoms with E-state index in [9.17, 15) is 0 Å². The topological polar surface area (TPSA) is 21.3 Å². The molecule has 0 aromatic heterocycles. The molecule has 2 rings (SSSR count). The maximum absolute atomic E-state index is 5.70. The SMILES string of the molecule is CNC(CCC1CCCO1)c1ccc(C)c(C)c1. The van der Waals surface area contributed by atoms with Crippen LogP contribution in [0.5, 0.6) is 0 Å². The van der Waals surface area contributed by atoms with Crippen LogP contribution in [-0.2, 0) is 4.74 Å². The number of nitrogens with one attached hydrogen (secondary N) is 1. The second-order valence-electron chi connectivity index (χ2n) is 5.40. The first-order chi connectivity index (χ1) is 8.70. The number of hydrogen-bond donors (Lipinski definition) is 1. The van der Waals surface area contributed by atoms with Gasteiger partial charge in [-0.05, 0) is 63.3 Å². The zero-order valence-corrected chi connectivity index (χ0v) is 11.8. The van der Waals surface area contributed by atoms with Crippen molar-refractivity contribution in [1.82, 2.24) is 5.32 Å². The Kier molecular flexibility index (Phi) is 4.79. The van der Waals surface area contributed by atoms with Crippen LogP contribution in [0.1, 0.15) is 48.4 Å². The number of rotatable bonds is 5. The molecule has 18 heavy (non-hydrogen) atoms. The van der Waals surface area contributed by atoms with Crippen molar-refractivity contribution in [2.24, 2.45) is 0 Å². The monoisotopic (exact) mass is 247 g/mol. The summed E-state index contributed by atoms with van der Waals surface area (Å²) in [5.41, 5.74) is 4.15. The third-order valence-corrected chi connectivity index (χ3v) is 4.08. The minimum absolute atomic E-state index is 0.452. The van der Waals surface area contributed by atoms with Crippen molar-refractivity contribution in [3.8, 4) is 0 Å². The maximum Gasteiger partial charge on any atom is 0.0576 e. The van der Waals surface area contributed by atoms with Gasteiger partial charge in [0.1, 0.15) is 0 Å². The van der Waals surface area contributed by atoms with Crippen LogP contribution < -0.4 is 5.32 Å². The van der Waals surface area contributed by atoms with Crippen LogP contribution in [0.3, 0.4) is 0 Å². The summed E-state index contributed by atoms with van der Waals surface area (Å²) >= 11 is 0. The smallest absolute Gasteiger partial charge is 0.0576 e. The first-order valence-corrected chi connectivity index (χ1v) is 7.06. The number of aryl methyl sites for hydroxylation is 2. The lowest BCUT2D eigenvalue weighted by Crippen LogP contribution is -2.19. The molecule has 1 saturated heterocycles. The lowest BCUT2D eigenvalue weighted by molar-refractivity contribution is 0.0998. The highest BCUT2D eigenvalue weighted by atomic mass is 16.5. The maximum atomic E-state index is 5.70. The minimum atomic E-state index is 0.452. The summed E-state index contributed by atoms with van der Waals surface area (Å²) in [5, 5.41) is 3.43. The molecule has 1 heterocycles. The molecule has 2 heteroatoms. The van der Waals surface area contributed by atoms with E-state index in [2.05, 4.69) is 44.4 Å². The highest BCUT2D eigenvalue weighted by molar-refractivity contribution is 5.31. The minimum Gasteiger partial charge on any atom is -0.378 e. The van der Waals surface area contributed by atoms with Crippen LogP contribution in [0.2, 0.25) is 0 Å². The molecule has 2 nitrogen and oxygen atoms in total. The molecule has 100 valence electrons. The third-order valence-electron chi connectivity index (χ3n) is 4.08. The molecule has 0 aliphatic carbocycles. The predicted molar refractivity (Wildman–Crippen MR) is 75.9 cm³/mol. The van der Waals surface area contributed by atoms with Gasteiger partial charge in [-0.1, -0.05) is 18.2 Å². The van der Waals surface area contributed by atoms with Gasteiger partial charge < -0.3 is 10.1 Å². The van der Waals surface area contributed by atoms with E-state index in [1.54, 1.807) is 0 Å². The van der Waals surface area contributed by atoms with Crippen molar-refractivity contribution >= 4 is 0 Å². The Balaban J connectivity index is 1.96. The van der Waals surface area contributed by atoms with Crippen molar-refractivity contribution in [2.75, 3.05) is 13.7 Å². The molecule has 0 amide bonds. The van der Waals surface area contributed by atoms with Crippen LogP contribution >= 0.6 is 0 Å². The molecule has 0 spiro atoms. The largest absolute Gasteiger partial charge is 0.378 e. The molecule has 1 aliphatic rings. The number of ether oxygens (including phenoxy) is 1. The van der Waals surface area contributed by atoms with Gasteiger partial charge in [0.15, 0.2) is 0 Å². The van der Waals surface area contributed by atoms with Crippen molar-refractivity contribution in [3.05, 3.63) is 34.9 Å². The summed E-state index contributed by atoms with van der Waals surface area (Å²) < 4.78 is 5.70. The summed E-state index contributed by atoms with van der Waals surface area (Å²) in [7, 11) is 2.05. The normalized spacial score (nSPS) is 21.2. The molecule has 0 bridgehead atoms. The Morgan fingerprint density at radius 2 is 2.17 bits per heavy atom. The molecule has 1 aromatic rings. The van der Waals surface area contributed by atoms with Crippen molar-refractivity contribution in [3.63, 3.8) is 0 Å². The van der Waals surface area contributed by atoms with E-state index >= 15 is 0 Å². The Bertz CT molecular complexity index is 383. The number of benzene rings is 1. The number of hydrogen-bond acceptors (Lipinski definition) is 2. The molecule has 1 aromatic carbocycles. The summed E-state index contributed by atoms with van der Waals surface area (Å²) in [6, 6.07) is 7.24. The van der Waals surface area contributed by atoms with E-state index in [1.165, 1.54) is 36.0 Å². The predicted octanol–water partition coefficient (Wildman–Crippen LogP) is 3.52.